The van der Waals surface area contributed by atoms with E-state index in [1.807, 2.05) is 6.92 Å². The smallest absolute Gasteiger partial charge is 0.337 e. The molecule has 5 heteroatoms. The van der Waals surface area contributed by atoms with E-state index in [0.717, 1.165) is 6.42 Å². The number of ether oxygens (including phenoxy) is 2. The molecular formula is C12H17NO4. The zero-order valence-electron chi connectivity index (χ0n) is 9.97. The fourth-order valence-corrected chi connectivity index (χ4v) is 1.38. The van der Waals surface area contributed by atoms with Crippen molar-refractivity contribution in [3.8, 4) is 5.75 Å². The van der Waals surface area contributed by atoms with Crippen LogP contribution in [0.3, 0.4) is 0 Å². The molecule has 0 amide bonds. The lowest BCUT2D eigenvalue weighted by Gasteiger charge is -2.15. The average Bonchev–Trinajstić information content (AvgIpc) is 2.26. The number of methoxy groups -OCH3 is 1. The van der Waals surface area contributed by atoms with Crippen molar-refractivity contribution in [2.24, 2.45) is 0 Å². The molecule has 3 N–H and O–H groups in total. The lowest BCUT2D eigenvalue weighted by atomic mass is 10.2. The van der Waals surface area contributed by atoms with Gasteiger partial charge in [-0.3, -0.25) is 0 Å². The first-order valence-electron chi connectivity index (χ1n) is 5.33. The van der Waals surface area contributed by atoms with Gasteiger partial charge in [0.2, 0.25) is 0 Å². The molecule has 1 aromatic carbocycles. The first-order valence-corrected chi connectivity index (χ1v) is 5.33. The molecule has 0 spiro atoms. The Balaban J connectivity index is 2.67. The standard InChI is InChI=1S/C12H17NO4/c1-8(5-6-16-2)17-9-3-4-10(12(14)15)11(13)7-9/h3-4,7-8H,5-6,13H2,1-2H3,(H,14,15). The summed E-state index contributed by atoms with van der Waals surface area (Å²) in [7, 11) is 1.63. The highest BCUT2D eigenvalue weighted by molar-refractivity contribution is 5.93. The average molecular weight is 239 g/mol. The summed E-state index contributed by atoms with van der Waals surface area (Å²) < 4.78 is 10.5. The summed E-state index contributed by atoms with van der Waals surface area (Å²) in [4.78, 5) is 10.8. The fourth-order valence-electron chi connectivity index (χ4n) is 1.38. The number of carbonyl (C=O) groups is 1. The Hall–Kier alpha value is -1.75. The van der Waals surface area contributed by atoms with Gasteiger partial charge in [-0.25, -0.2) is 4.79 Å². The minimum absolute atomic E-state index is 0.00923. The van der Waals surface area contributed by atoms with Crippen molar-refractivity contribution >= 4 is 11.7 Å². The van der Waals surface area contributed by atoms with Crippen LogP contribution in [-0.2, 0) is 4.74 Å². The molecular weight excluding hydrogens is 222 g/mol. The third kappa shape index (κ3) is 3.96. The number of nitrogens with two attached hydrogens (primary N) is 1. The molecule has 94 valence electrons. The highest BCUT2D eigenvalue weighted by Gasteiger charge is 2.10. The molecule has 0 aliphatic rings. The molecule has 1 aromatic rings. The van der Waals surface area contributed by atoms with Crippen LogP contribution >= 0.6 is 0 Å². The molecule has 0 aromatic heterocycles. The Morgan fingerprint density at radius 1 is 1.53 bits per heavy atom. The van der Waals surface area contributed by atoms with Crippen molar-refractivity contribution < 1.29 is 19.4 Å². The quantitative estimate of drug-likeness (QED) is 0.739. The second kappa shape index (κ2) is 6.10. The van der Waals surface area contributed by atoms with E-state index in [1.54, 1.807) is 13.2 Å². The van der Waals surface area contributed by atoms with Crippen molar-refractivity contribution in [2.75, 3.05) is 19.5 Å². The second-order valence-corrected chi connectivity index (χ2v) is 3.76. The third-order valence-corrected chi connectivity index (χ3v) is 2.32. The monoisotopic (exact) mass is 239 g/mol. The number of hydrogen-bond donors (Lipinski definition) is 2. The molecule has 1 atom stereocenters. The summed E-state index contributed by atoms with van der Waals surface area (Å²) >= 11 is 0. The normalized spacial score (nSPS) is 12.1. The molecule has 0 aliphatic carbocycles. The van der Waals surface area contributed by atoms with Crippen LogP contribution in [0.1, 0.15) is 23.7 Å². The van der Waals surface area contributed by atoms with Crippen molar-refractivity contribution in [3.63, 3.8) is 0 Å². The molecule has 0 bridgehead atoms. The van der Waals surface area contributed by atoms with Gasteiger partial charge in [0, 0.05) is 31.9 Å². The van der Waals surface area contributed by atoms with Gasteiger partial charge in [-0.05, 0) is 19.1 Å². The first kappa shape index (κ1) is 13.3. The lowest BCUT2D eigenvalue weighted by Crippen LogP contribution is -2.14. The zero-order valence-corrected chi connectivity index (χ0v) is 9.97. The van der Waals surface area contributed by atoms with E-state index in [9.17, 15) is 4.79 Å². The molecule has 1 rings (SSSR count). The van der Waals surface area contributed by atoms with Crippen LogP contribution in [0.15, 0.2) is 18.2 Å². The molecule has 5 nitrogen and oxygen atoms in total. The summed E-state index contributed by atoms with van der Waals surface area (Å²) in [5.74, 6) is -0.474. The van der Waals surface area contributed by atoms with Crippen LogP contribution in [0.25, 0.3) is 0 Å². The maximum Gasteiger partial charge on any atom is 0.337 e. The summed E-state index contributed by atoms with van der Waals surface area (Å²) in [5.41, 5.74) is 5.90. The Morgan fingerprint density at radius 3 is 2.76 bits per heavy atom. The van der Waals surface area contributed by atoms with Crippen LogP contribution in [0, 0.1) is 0 Å². The predicted molar refractivity (Wildman–Crippen MR) is 64.4 cm³/mol. The maximum absolute atomic E-state index is 10.8. The lowest BCUT2D eigenvalue weighted by molar-refractivity contribution is 0.0698. The SMILES string of the molecule is COCCC(C)Oc1ccc(C(=O)O)c(N)c1. The van der Waals surface area contributed by atoms with E-state index in [4.69, 9.17) is 20.3 Å². The summed E-state index contributed by atoms with van der Waals surface area (Å²) in [6.07, 6.45) is 0.752. The van der Waals surface area contributed by atoms with Gasteiger partial charge in [-0.1, -0.05) is 0 Å². The van der Waals surface area contributed by atoms with Gasteiger partial charge in [0.1, 0.15) is 5.75 Å². The molecule has 0 aliphatic heterocycles. The molecule has 0 saturated carbocycles. The van der Waals surface area contributed by atoms with E-state index in [2.05, 4.69) is 0 Å². The number of nitrogen functional groups attached to an aromatic ring is 1. The molecule has 1 unspecified atom stereocenters. The summed E-state index contributed by atoms with van der Waals surface area (Å²) in [6.45, 7) is 2.53. The van der Waals surface area contributed by atoms with Crippen LogP contribution in [0.4, 0.5) is 5.69 Å². The number of benzene rings is 1. The maximum atomic E-state index is 10.8. The Morgan fingerprint density at radius 2 is 2.24 bits per heavy atom. The van der Waals surface area contributed by atoms with E-state index in [1.165, 1.54) is 12.1 Å². The largest absolute Gasteiger partial charge is 0.491 e. The van der Waals surface area contributed by atoms with Crippen LogP contribution < -0.4 is 10.5 Å². The predicted octanol–water partition coefficient (Wildman–Crippen LogP) is 1.77. The molecule has 0 heterocycles. The van der Waals surface area contributed by atoms with E-state index in [0.29, 0.717) is 12.4 Å². The van der Waals surface area contributed by atoms with Gasteiger partial charge in [0.05, 0.1) is 11.7 Å². The third-order valence-electron chi connectivity index (χ3n) is 2.32. The highest BCUT2D eigenvalue weighted by Crippen LogP contribution is 2.21. The molecule has 17 heavy (non-hydrogen) atoms. The van der Waals surface area contributed by atoms with Gasteiger partial charge in [0.25, 0.3) is 0 Å². The minimum atomic E-state index is -1.04. The number of hydrogen-bond acceptors (Lipinski definition) is 4. The number of aromatic carboxylic acids is 1. The van der Waals surface area contributed by atoms with Crippen LogP contribution in [0.2, 0.25) is 0 Å². The molecule has 0 fully saturated rings. The number of anilines is 1. The van der Waals surface area contributed by atoms with Crippen LogP contribution in [-0.4, -0.2) is 30.9 Å². The van der Waals surface area contributed by atoms with Gasteiger partial charge >= 0.3 is 5.97 Å². The number of rotatable bonds is 6. The fraction of sp³-hybridized carbons (Fsp3) is 0.417. The summed E-state index contributed by atoms with van der Waals surface area (Å²) in [6, 6.07) is 4.56. The van der Waals surface area contributed by atoms with Crippen LogP contribution in [0.5, 0.6) is 5.75 Å². The van der Waals surface area contributed by atoms with Gasteiger partial charge < -0.3 is 20.3 Å². The Kier molecular flexibility index (Phi) is 4.78. The van der Waals surface area contributed by atoms with E-state index >= 15 is 0 Å². The Bertz CT molecular complexity index is 392. The Labute approximate surface area is 100 Å². The highest BCUT2D eigenvalue weighted by atomic mass is 16.5. The van der Waals surface area contributed by atoms with Gasteiger partial charge in [-0.2, -0.15) is 0 Å². The van der Waals surface area contributed by atoms with Crippen molar-refractivity contribution in [3.05, 3.63) is 23.8 Å². The van der Waals surface area contributed by atoms with Gasteiger partial charge in [-0.15, -0.1) is 0 Å². The topological polar surface area (TPSA) is 81.8 Å². The van der Waals surface area contributed by atoms with Crippen molar-refractivity contribution in [2.45, 2.75) is 19.4 Å². The molecule has 0 saturated heterocycles. The molecule has 0 radical (unpaired) electrons. The van der Waals surface area contributed by atoms with Gasteiger partial charge in [0.15, 0.2) is 0 Å². The summed E-state index contributed by atoms with van der Waals surface area (Å²) in [5, 5.41) is 8.82. The zero-order chi connectivity index (χ0) is 12.8. The number of carboxylic acid groups (broad SMARTS) is 1. The number of carboxylic acids is 1. The van der Waals surface area contributed by atoms with Crippen molar-refractivity contribution in [1.29, 1.82) is 0 Å². The van der Waals surface area contributed by atoms with E-state index < -0.39 is 5.97 Å². The van der Waals surface area contributed by atoms with Crippen molar-refractivity contribution in [1.82, 2.24) is 0 Å². The minimum Gasteiger partial charge on any atom is -0.491 e. The first-order chi connectivity index (χ1) is 8.04. The van der Waals surface area contributed by atoms with E-state index in [-0.39, 0.29) is 17.4 Å². The second-order valence-electron chi connectivity index (χ2n) is 3.76.